The summed E-state index contributed by atoms with van der Waals surface area (Å²) in [6.07, 6.45) is 1.67. The van der Waals surface area contributed by atoms with Gasteiger partial charge in [-0.3, -0.25) is 0 Å². The highest BCUT2D eigenvalue weighted by Gasteiger charge is 2.18. The van der Waals surface area contributed by atoms with Crippen LogP contribution in [0.25, 0.3) is 0 Å². The van der Waals surface area contributed by atoms with Crippen molar-refractivity contribution in [1.82, 2.24) is 0 Å². The Balaban J connectivity index is 2.37. The first-order valence-corrected chi connectivity index (χ1v) is 5.08. The van der Waals surface area contributed by atoms with E-state index in [1.54, 1.807) is 25.3 Å². The standard InChI is InChI=1S/C11H16O4/c1-3-10(11(12)13-4-2)15-8-9-6-5-7-14-9/h5-7,10H,3-4,8H2,1-2H3. The van der Waals surface area contributed by atoms with Crippen LogP contribution < -0.4 is 0 Å². The molecule has 4 heteroatoms. The van der Waals surface area contributed by atoms with Crippen molar-refractivity contribution in [3.05, 3.63) is 24.2 Å². The smallest absolute Gasteiger partial charge is 0.335 e. The van der Waals surface area contributed by atoms with E-state index < -0.39 is 6.10 Å². The predicted molar refractivity (Wildman–Crippen MR) is 54.2 cm³/mol. The minimum atomic E-state index is -0.505. The summed E-state index contributed by atoms with van der Waals surface area (Å²) in [4.78, 5) is 11.4. The predicted octanol–water partition coefficient (Wildman–Crippen LogP) is 2.14. The van der Waals surface area contributed by atoms with Gasteiger partial charge in [0.25, 0.3) is 0 Å². The van der Waals surface area contributed by atoms with Crippen molar-refractivity contribution in [3.8, 4) is 0 Å². The molecule has 0 spiro atoms. The second kappa shape index (κ2) is 6.24. The second-order valence-electron chi connectivity index (χ2n) is 3.04. The molecule has 0 aliphatic carbocycles. The van der Waals surface area contributed by atoms with Gasteiger partial charge in [0.2, 0.25) is 0 Å². The van der Waals surface area contributed by atoms with E-state index in [9.17, 15) is 4.79 Å². The molecule has 0 aromatic carbocycles. The van der Waals surface area contributed by atoms with Crippen molar-refractivity contribution in [3.63, 3.8) is 0 Å². The van der Waals surface area contributed by atoms with Crippen molar-refractivity contribution in [2.45, 2.75) is 33.0 Å². The maximum Gasteiger partial charge on any atom is 0.335 e. The number of carbonyl (C=O) groups is 1. The zero-order valence-corrected chi connectivity index (χ0v) is 9.06. The first-order valence-electron chi connectivity index (χ1n) is 5.08. The monoisotopic (exact) mass is 212 g/mol. The molecule has 1 heterocycles. The van der Waals surface area contributed by atoms with Gasteiger partial charge in [0.15, 0.2) is 6.10 Å². The van der Waals surface area contributed by atoms with Crippen molar-refractivity contribution >= 4 is 5.97 Å². The molecule has 0 saturated carbocycles. The molecular formula is C11H16O4. The number of rotatable bonds is 6. The molecule has 0 fully saturated rings. The third kappa shape index (κ3) is 3.75. The highest BCUT2D eigenvalue weighted by molar-refractivity contribution is 5.74. The number of ether oxygens (including phenoxy) is 2. The molecule has 0 aliphatic rings. The molecule has 1 aromatic rings. The average Bonchev–Trinajstić information content (AvgIpc) is 2.72. The molecule has 0 amide bonds. The van der Waals surface area contributed by atoms with Crippen molar-refractivity contribution < 1.29 is 18.7 Å². The van der Waals surface area contributed by atoms with E-state index >= 15 is 0 Å². The number of hydrogen-bond donors (Lipinski definition) is 0. The van der Waals surface area contributed by atoms with E-state index in [1.165, 1.54) is 0 Å². The van der Waals surface area contributed by atoms with Crippen LogP contribution in [-0.4, -0.2) is 18.7 Å². The summed E-state index contributed by atoms with van der Waals surface area (Å²) in [6.45, 7) is 4.32. The van der Waals surface area contributed by atoms with E-state index in [0.29, 0.717) is 25.4 Å². The van der Waals surface area contributed by atoms with Gasteiger partial charge in [0, 0.05) is 0 Å². The van der Waals surface area contributed by atoms with Gasteiger partial charge < -0.3 is 13.9 Å². The lowest BCUT2D eigenvalue weighted by molar-refractivity contribution is -0.158. The number of carbonyl (C=O) groups excluding carboxylic acids is 1. The van der Waals surface area contributed by atoms with Crippen molar-refractivity contribution in [2.75, 3.05) is 6.61 Å². The maximum atomic E-state index is 11.4. The Morgan fingerprint density at radius 3 is 2.87 bits per heavy atom. The molecule has 4 nitrogen and oxygen atoms in total. The Hall–Kier alpha value is -1.29. The molecule has 1 aromatic heterocycles. The molecule has 1 unspecified atom stereocenters. The highest BCUT2D eigenvalue weighted by atomic mass is 16.6. The van der Waals surface area contributed by atoms with Gasteiger partial charge >= 0.3 is 5.97 Å². The van der Waals surface area contributed by atoms with Crippen LogP contribution in [0.1, 0.15) is 26.0 Å². The summed E-state index contributed by atoms with van der Waals surface area (Å²) in [6, 6.07) is 3.59. The van der Waals surface area contributed by atoms with E-state index in [2.05, 4.69) is 0 Å². The van der Waals surface area contributed by atoms with Gasteiger partial charge in [-0.2, -0.15) is 0 Å². The Labute approximate surface area is 89.2 Å². The summed E-state index contributed by atoms with van der Waals surface area (Å²) in [5.41, 5.74) is 0. The van der Waals surface area contributed by atoms with E-state index in [0.717, 1.165) is 0 Å². The molecular weight excluding hydrogens is 196 g/mol. The van der Waals surface area contributed by atoms with Gasteiger partial charge in [-0.15, -0.1) is 0 Å². The van der Waals surface area contributed by atoms with Gasteiger partial charge in [-0.25, -0.2) is 4.79 Å². The fourth-order valence-electron chi connectivity index (χ4n) is 1.17. The van der Waals surface area contributed by atoms with Gasteiger partial charge in [-0.1, -0.05) is 6.92 Å². The third-order valence-electron chi connectivity index (χ3n) is 1.93. The molecule has 15 heavy (non-hydrogen) atoms. The van der Waals surface area contributed by atoms with E-state index in [1.807, 2.05) is 6.92 Å². The van der Waals surface area contributed by atoms with Crippen LogP contribution in [0.2, 0.25) is 0 Å². The fraction of sp³-hybridized carbons (Fsp3) is 0.545. The minimum absolute atomic E-state index is 0.296. The van der Waals surface area contributed by atoms with Gasteiger partial charge in [0.1, 0.15) is 12.4 Å². The lowest BCUT2D eigenvalue weighted by atomic mass is 10.3. The summed E-state index contributed by atoms with van der Waals surface area (Å²) in [5, 5.41) is 0. The normalized spacial score (nSPS) is 12.4. The Morgan fingerprint density at radius 1 is 1.53 bits per heavy atom. The van der Waals surface area contributed by atoms with E-state index in [4.69, 9.17) is 13.9 Å². The van der Waals surface area contributed by atoms with Crippen molar-refractivity contribution in [2.24, 2.45) is 0 Å². The molecule has 0 bridgehead atoms. The Morgan fingerprint density at radius 2 is 2.33 bits per heavy atom. The summed E-state index contributed by atoms with van der Waals surface area (Å²) in [7, 11) is 0. The molecule has 0 radical (unpaired) electrons. The Kier molecular flexibility index (Phi) is 4.90. The number of esters is 1. The number of hydrogen-bond acceptors (Lipinski definition) is 4. The van der Waals surface area contributed by atoms with Crippen LogP contribution >= 0.6 is 0 Å². The first kappa shape index (κ1) is 11.8. The largest absolute Gasteiger partial charge is 0.467 e. The molecule has 0 saturated heterocycles. The van der Waals surface area contributed by atoms with Gasteiger partial charge in [0.05, 0.1) is 12.9 Å². The summed E-state index contributed by atoms with van der Waals surface area (Å²) in [5.74, 6) is 0.393. The van der Waals surface area contributed by atoms with E-state index in [-0.39, 0.29) is 5.97 Å². The summed E-state index contributed by atoms with van der Waals surface area (Å²) < 4.78 is 15.3. The maximum absolute atomic E-state index is 11.4. The first-order chi connectivity index (χ1) is 7.27. The SMILES string of the molecule is CCOC(=O)C(CC)OCc1ccco1. The Bertz CT molecular complexity index is 279. The van der Waals surface area contributed by atoms with Gasteiger partial charge in [-0.05, 0) is 25.5 Å². The topological polar surface area (TPSA) is 48.7 Å². The highest BCUT2D eigenvalue weighted by Crippen LogP contribution is 2.07. The van der Waals surface area contributed by atoms with Crippen LogP contribution in [0.3, 0.4) is 0 Å². The van der Waals surface area contributed by atoms with Crippen LogP contribution in [0.4, 0.5) is 0 Å². The van der Waals surface area contributed by atoms with Crippen LogP contribution in [-0.2, 0) is 20.9 Å². The molecule has 84 valence electrons. The minimum Gasteiger partial charge on any atom is -0.467 e. The molecule has 1 atom stereocenters. The third-order valence-corrected chi connectivity index (χ3v) is 1.93. The summed E-state index contributed by atoms with van der Waals surface area (Å²) >= 11 is 0. The zero-order chi connectivity index (χ0) is 11.1. The molecule has 0 N–H and O–H groups in total. The number of furan rings is 1. The lowest BCUT2D eigenvalue weighted by Gasteiger charge is -2.13. The fourth-order valence-corrected chi connectivity index (χ4v) is 1.17. The van der Waals surface area contributed by atoms with Crippen LogP contribution in [0.15, 0.2) is 22.8 Å². The second-order valence-corrected chi connectivity index (χ2v) is 3.04. The van der Waals surface area contributed by atoms with Crippen molar-refractivity contribution in [1.29, 1.82) is 0 Å². The zero-order valence-electron chi connectivity index (χ0n) is 9.06. The average molecular weight is 212 g/mol. The van der Waals surface area contributed by atoms with Crippen LogP contribution in [0, 0.1) is 0 Å². The quantitative estimate of drug-likeness (QED) is 0.678. The van der Waals surface area contributed by atoms with Crippen LogP contribution in [0.5, 0.6) is 0 Å². The molecule has 1 rings (SSSR count). The molecule has 0 aliphatic heterocycles. The lowest BCUT2D eigenvalue weighted by Crippen LogP contribution is -2.25.